The van der Waals surface area contributed by atoms with Gasteiger partial charge in [-0.2, -0.15) is 4.68 Å². The second-order valence-electron chi connectivity index (χ2n) is 6.13. The summed E-state index contributed by atoms with van der Waals surface area (Å²) in [5.41, 5.74) is 2.62. The summed E-state index contributed by atoms with van der Waals surface area (Å²) in [6.45, 7) is 6.46. The van der Waals surface area contributed by atoms with Crippen molar-refractivity contribution in [1.82, 2.24) is 15.0 Å². The Morgan fingerprint density at radius 1 is 1.35 bits per heavy atom. The summed E-state index contributed by atoms with van der Waals surface area (Å²) in [6.07, 6.45) is 0.807. The molecule has 2 aromatic rings. The number of fused-ring (bicyclic) bond motifs is 1. The average molecular weight is 321 g/mol. The minimum Gasteiger partial charge on any atom is -0.496 e. The van der Waals surface area contributed by atoms with Gasteiger partial charge >= 0.3 is 0 Å². The second kappa shape index (κ2) is 6.25. The third-order valence-electron chi connectivity index (χ3n) is 4.20. The van der Waals surface area contributed by atoms with Crippen molar-refractivity contribution >= 4 is 16.9 Å². The molecule has 0 fully saturated rings. The second-order valence-corrected chi connectivity index (χ2v) is 6.13. The Morgan fingerprint density at radius 3 is 2.52 bits per heavy atom. The molecule has 0 aliphatic heterocycles. The molecule has 0 bridgehead atoms. The Bertz CT molecular complexity index is 750. The summed E-state index contributed by atoms with van der Waals surface area (Å²) >= 11 is 0. The topological polar surface area (TPSA) is 97.5 Å². The van der Waals surface area contributed by atoms with Crippen molar-refractivity contribution in [2.75, 3.05) is 13.7 Å². The fraction of sp³-hybridized carbons (Fsp3) is 0.562. The van der Waals surface area contributed by atoms with Gasteiger partial charge in [0, 0.05) is 12.5 Å². The molecule has 1 aromatic carbocycles. The van der Waals surface area contributed by atoms with E-state index in [2.05, 4.69) is 10.3 Å². The highest BCUT2D eigenvalue weighted by atomic mass is 16.5. The zero-order valence-corrected chi connectivity index (χ0v) is 14.2. The first-order chi connectivity index (χ1) is 10.7. The number of aliphatic hydroxyl groups is 2. The van der Waals surface area contributed by atoms with Crippen molar-refractivity contribution in [3.05, 3.63) is 16.7 Å². The number of rotatable bonds is 5. The van der Waals surface area contributed by atoms with Gasteiger partial charge in [-0.1, -0.05) is 5.21 Å². The van der Waals surface area contributed by atoms with Gasteiger partial charge in [0.1, 0.15) is 16.8 Å². The van der Waals surface area contributed by atoms with Crippen LogP contribution in [0.1, 0.15) is 41.8 Å². The van der Waals surface area contributed by atoms with E-state index < -0.39 is 5.60 Å². The number of hydrogen-bond acceptors (Lipinski definition) is 6. The van der Waals surface area contributed by atoms with Gasteiger partial charge in [0.2, 0.25) is 5.91 Å². The molecular formula is C16H23N3O4. The van der Waals surface area contributed by atoms with Crippen molar-refractivity contribution in [3.63, 3.8) is 0 Å². The van der Waals surface area contributed by atoms with Crippen LogP contribution in [0.4, 0.5) is 0 Å². The molecule has 0 aliphatic rings. The van der Waals surface area contributed by atoms with E-state index in [0.717, 1.165) is 16.7 Å². The largest absolute Gasteiger partial charge is 0.496 e. The van der Waals surface area contributed by atoms with Crippen molar-refractivity contribution < 1.29 is 19.7 Å². The summed E-state index contributed by atoms with van der Waals surface area (Å²) in [6, 6.07) is 0. The van der Waals surface area contributed by atoms with Crippen LogP contribution in [0.15, 0.2) is 0 Å². The minimum atomic E-state index is -1.19. The molecule has 1 heterocycles. The molecular weight excluding hydrogens is 298 g/mol. The summed E-state index contributed by atoms with van der Waals surface area (Å²) in [5.74, 6) is 0.471. The van der Waals surface area contributed by atoms with Gasteiger partial charge in [-0.3, -0.25) is 4.79 Å². The summed E-state index contributed by atoms with van der Waals surface area (Å²) < 4.78 is 6.75. The quantitative estimate of drug-likeness (QED) is 0.864. The highest BCUT2D eigenvalue weighted by Gasteiger charge is 2.25. The van der Waals surface area contributed by atoms with Crippen LogP contribution in [0.2, 0.25) is 0 Å². The lowest BCUT2D eigenvalue weighted by Crippen LogP contribution is -2.29. The van der Waals surface area contributed by atoms with Crippen LogP contribution in [0.5, 0.6) is 5.75 Å². The van der Waals surface area contributed by atoms with Gasteiger partial charge < -0.3 is 14.9 Å². The minimum absolute atomic E-state index is 0.230. The average Bonchev–Trinajstić information content (AvgIpc) is 2.92. The SMILES string of the molecule is COc1c(C)c(CCC(C)(O)CO)c2c(nnn2C(C)=O)c1C. The molecule has 126 valence electrons. The molecule has 1 atom stereocenters. The molecule has 0 amide bonds. The van der Waals surface area contributed by atoms with Gasteiger partial charge in [-0.05, 0) is 44.7 Å². The molecule has 1 aromatic heterocycles. The molecule has 0 spiro atoms. The van der Waals surface area contributed by atoms with E-state index in [1.165, 1.54) is 11.6 Å². The van der Waals surface area contributed by atoms with Crippen LogP contribution in [-0.4, -0.2) is 50.4 Å². The summed E-state index contributed by atoms with van der Waals surface area (Å²) in [5, 5.41) is 27.4. The number of carbonyl (C=O) groups is 1. The van der Waals surface area contributed by atoms with Crippen LogP contribution < -0.4 is 4.74 Å². The monoisotopic (exact) mass is 321 g/mol. The molecule has 2 rings (SSSR count). The molecule has 2 N–H and O–H groups in total. The fourth-order valence-corrected chi connectivity index (χ4v) is 2.81. The van der Waals surface area contributed by atoms with Crippen LogP contribution in [0.3, 0.4) is 0 Å². The maximum atomic E-state index is 11.8. The van der Waals surface area contributed by atoms with Gasteiger partial charge in [0.25, 0.3) is 0 Å². The number of aryl methyl sites for hydroxylation is 2. The molecule has 0 radical (unpaired) electrons. The number of nitrogens with zero attached hydrogens (tertiary/aromatic N) is 3. The fourth-order valence-electron chi connectivity index (χ4n) is 2.81. The number of carbonyl (C=O) groups excluding carboxylic acids is 1. The van der Waals surface area contributed by atoms with Crippen molar-refractivity contribution in [2.24, 2.45) is 0 Å². The third kappa shape index (κ3) is 3.07. The van der Waals surface area contributed by atoms with Gasteiger partial charge in [0.05, 0.1) is 19.3 Å². The Balaban J connectivity index is 2.69. The lowest BCUT2D eigenvalue weighted by atomic mass is 9.92. The maximum Gasteiger partial charge on any atom is 0.245 e. The number of aliphatic hydroxyl groups excluding tert-OH is 1. The van der Waals surface area contributed by atoms with Gasteiger partial charge in [-0.25, -0.2) is 0 Å². The first-order valence-corrected chi connectivity index (χ1v) is 7.49. The van der Waals surface area contributed by atoms with E-state index >= 15 is 0 Å². The molecule has 0 saturated carbocycles. The predicted octanol–water partition coefficient (Wildman–Crippen LogP) is 1.39. The van der Waals surface area contributed by atoms with Crippen molar-refractivity contribution in [2.45, 2.75) is 46.1 Å². The third-order valence-corrected chi connectivity index (χ3v) is 4.20. The number of ether oxygens (including phenoxy) is 1. The number of benzene rings is 1. The Labute approximate surface area is 134 Å². The first kappa shape index (κ1) is 17.4. The van der Waals surface area contributed by atoms with E-state index in [-0.39, 0.29) is 12.5 Å². The maximum absolute atomic E-state index is 11.8. The Morgan fingerprint density at radius 2 is 2.00 bits per heavy atom. The summed E-state index contributed by atoms with van der Waals surface area (Å²) in [4.78, 5) is 11.8. The smallest absolute Gasteiger partial charge is 0.245 e. The van der Waals surface area contributed by atoms with Gasteiger partial charge in [0.15, 0.2) is 0 Å². The Kier molecular flexibility index (Phi) is 4.72. The van der Waals surface area contributed by atoms with E-state index in [1.54, 1.807) is 14.0 Å². The Hall–Kier alpha value is -1.99. The lowest BCUT2D eigenvalue weighted by Gasteiger charge is -2.22. The van der Waals surface area contributed by atoms with E-state index in [9.17, 15) is 15.0 Å². The predicted molar refractivity (Wildman–Crippen MR) is 85.9 cm³/mol. The molecule has 7 nitrogen and oxygen atoms in total. The highest BCUT2D eigenvalue weighted by Crippen LogP contribution is 2.35. The highest BCUT2D eigenvalue weighted by molar-refractivity contribution is 5.93. The van der Waals surface area contributed by atoms with Crippen molar-refractivity contribution in [3.8, 4) is 5.75 Å². The normalized spacial score (nSPS) is 14.0. The van der Waals surface area contributed by atoms with Crippen molar-refractivity contribution in [1.29, 1.82) is 0 Å². The van der Waals surface area contributed by atoms with E-state index in [1.807, 2.05) is 13.8 Å². The molecule has 0 aliphatic carbocycles. The molecule has 0 saturated heterocycles. The molecule has 23 heavy (non-hydrogen) atoms. The molecule has 7 heteroatoms. The lowest BCUT2D eigenvalue weighted by molar-refractivity contribution is -0.00472. The van der Waals surface area contributed by atoms with Crippen LogP contribution in [0.25, 0.3) is 11.0 Å². The zero-order valence-electron chi connectivity index (χ0n) is 14.2. The summed E-state index contributed by atoms with van der Waals surface area (Å²) in [7, 11) is 1.59. The van der Waals surface area contributed by atoms with E-state index in [0.29, 0.717) is 29.6 Å². The number of aromatic nitrogens is 3. The van der Waals surface area contributed by atoms with E-state index in [4.69, 9.17) is 4.74 Å². The van der Waals surface area contributed by atoms with Gasteiger partial charge in [-0.15, -0.1) is 5.10 Å². The van der Waals surface area contributed by atoms with Crippen LogP contribution in [0, 0.1) is 13.8 Å². The molecule has 1 unspecified atom stereocenters. The van der Waals surface area contributed by atoms with Crippen LogP contribution in [-0.2, 0) is 6.42 Å². The number of methoxy groups -OCH3 is 1. The first-order valence-electron chi connectivity index (χ1n) is 7.49. The standard InChI is InChI=1S/C16H23N3O4/c1-9-12(6-7-16(4,22)8-20)14-13(10(2)15(9)23-5)17-18-19(14)11(3)21/h20,22H,6-8H2,1-5H3. The van der Waals surface area contributed by atoms with Crippen LogP contribution >= 0.6 is 0 Å². The number of hydrogen-bond donors (Lipinski definition) is 2. The zero-order chi connectivity index (χ0) is 17.4.